The molecule has 1 aliphatic heterocycles. The Labute approximate surface area is 136 Å². The minimum atomic E-state index is 0.445. The second-order valence-electron chi connectivity index (χ2n) is 7.91. The zero-order valence-corrected chi connectivity index (χ0v) is 15.4. The maximum atomic E-state index is 3.75. The molecule has 1 heterocycles. The summed E-state index contributed by atoms with van der Waals surface area (Å²) in [6, 6.07) is 0. The van der Waals surface area contributed by atoms with Crippen molar-refractivity contribution in [2.45, 2.75) is 70.5 Å². The molecule has 2 aliphatic rings. The molecule has 0 radical (unpaired) electrons. The van der Waals surface area contributed by atoms with Gasteiger partial charge in [0.15, 0.2) is 0 Å². The maximum absolute atomic E-state index is 3.75. The van der Waals surface area contributed by atoms with Crippen molar-refractivity contribution in [1.29, 1.82) is 0 Å². The van der Waals surface area contributed by atoms with Gasteiger partial charge in [0.25, 0.3) is 0 Å². The zero-order valence-electron chi connectivity index (χ0n) is 14.5. The maximum Gasteiger partial charge on any atom is 0.0231 e. The standard InChI is InChI=1S/C18H36N2S/c1-4-11-19-14-18(9-7-5-6-8-10-18)16-20-12-13-21-17(2,3)15-20/h19H,4-16H2,1-3H3. The van der Waals surface area contributed by atoms with Crippen molar-refractivity contribution < 1.29 is 0 Å². The Balaban J connectivity index is 1.96. The van der Waals surface area contributed by atoms with Gasteiger partial charge in [-0.25, -0.2) is 0 Å². The average molecular weight is 313 g/mol. The van der Waals surface area contributed by atoms with E-state index in [0.717, 1.165) is 0 Å². The van der Waals surface area contributed by atoms with Gasteiger partial charge in [-0.3, -0.25) is 0 Å². The molecule has 2 nitrogen and oxygen atoms in total. The van der Waals surface area contributed by atoms with Crippen molar-refractivity contribution in [3.05, 3.63) is 0 Å². The van der Waals surface area contributed by atoms with Crippen LogP contribution in [-0.4, -0.2) is 48.1 Å². The van der Waals surface area contributed by atoms with Gasteiger partial charge >= 0.3 is 0 Å². The molecule has 0 aromatic rings. The summed E-state index contributed by atoms with van der Waals surface area (Å²) < 4.78 is 0.445. The normalized spacial score (nSPS) is 26.4. The molecule has 0 atom stereocenters. The summed E-state index contributed by atoms with van der Waals surface area (Å²) in [6.45, 7) is 13.4. The highest BCUT2D eigenvalue weighted by Gasteiger charge is 2.35. The fraction of sp³-hybridized carbons (Fsp3) is 1.00. The van der Waals surface area contributed by atoms with Crippen LogP contribution in [-0.2, 0) is 0 Å². The summed E-state index contributed by atoms with van der Waals surface area (Å²) in [5.74, 6) is 1.31. The van der Waals surface area contributed by atoms with Crippen LogP contribution >= 0.6 is 11.8 Å². The molecule has 1 N–H and O–H groups in total. The van der Waals surface area contributed by atoms with Gasteiger partial charge in [0, 0.05) is 36.7 Å². The second kappa shape index (κ2) is 8.21. The predicted molar refractivity (Wildman–Crippen MR) is 96.3 cm³/mol. The van der Waals surface area contributed by atoms with Crippen LogP contribution in [0.25, 0.3) is 0 Å². The first-order valence-corrected chi connectivity index (χ1v) is 10.1. The van der Waals surface area contributed by atoms with E-state index in [1.807, 2.05) is 0 Å². The molecule has 2 fully saturated rings. The van der Waals surface area contributed by atoms with Crippen LogP contribution in [0.3, 0.4) is 0 Å². The van der Waals surface area contributed by atoms with Gasteiger partial charge in [0.05, 0.1) is 0 Å². The molecule has 0 aromatic heterocycles. The van der Waals surface area contributed by atoms with Gasteiger partial charge in [-0.2, -0.15) is 11.8 Å². The molecule has 1 saturated heterocycles. The molecule has 2 rings (SSSR count). The Kier molecular flexibility index (Phi) is 6.89. The number of rotatable bonds is 6. The van der Waals surface area contributed by atoms with Crippen LogP contribution < -0.4 is 5.32 Å². The summed E-state index contributed by atoms with van der Waals surface area (Å²) in [7, 11) is 0. The molecule has 0 amide bonds. The van der Waals surface area contributed by atoms with Gasteiger partial charge in [0.2, 0.25) is 0 Å². The van der Waals surface area contributed by atoms with E-state index in [1.165, 1.54) is 83.4 Å². The first-order valence-electron chi connectivity index (χ1n) is 9.12. The number of hydrogen-bond acceptors (Lipinski definition) is 3. The van der Waals surface area contributed by atoms with Crippen molar-refractivity contribution in [1.82, 2.24) is 10.2 Å². The van der Waals surface area contributed by atoms with Crippen molar-refractivity contribution in [2.24, 2.45) is 5.41 Å². The lowest BCUT2D eigenvalue weighted by Gasteiger charge is -2.44. The summed E-state index contributed by atoms with van der Waals surface area (Å²) in [6.07, 6.45) is 9.93. The molecular formula is C18H36N2S. The summed E-state index contributed by atoms with van der Waals surface area (Å²) in [5, 5.41) is 3.75. The molecule has 1 saturated carbocycles. The lowest BCUT2D eigenvalue weighted by Crippen LogP contribution is -2.50. The monoisotopic (exact) mass is 312 g/mol. The summed E-state index contributed by atoms with van der Waals surface area (Å²) in [5.41, 5.74) is 0.545. The first kappa shape index (κ1) is 17.6. The third-order valence-corrected chi connectivity index (χ3v) is 6.45. The van der Waals surface area contributed by atoms with Crippen molar-refractivity contribution in [3.8, 4) is 0 Å². The van der Waals surface area contributed by atoms with Gasteiger partial charge in [-0.05, 0) is 45.1 Å². The third kappa shape index (κ3) is 5.76. The lowest BCUT2D eigenvalue weighted by atomic mass is 9.79. The average Bonchev–Trinajstić information content (AvgIpc) is 2.64. The van der Waals surface area contributed by atoms with E-state index in [1.54, 1.807) is 0 Å². The van der Waals surface area contributed by atoms with Crippen LogP contribution in [0.2, 0.25) is 0 Å². The Hall–Kier alpha value is 0.270. The highest BCUT2D eigenvalue weighted by atomic mass is 32.2. The van der Waals surface area contributed by atoms with E-state index in [0.29, 0.717) is 10.2 Å². The third-order valence-electron chi connectivity index (χ3n) is 5.15. The van der Waals surface area contributed by atoms with E-state index in [-0.39, 0.29) is 0 Å². The van der Waals surface area contributed by atoms with Crippen molar-refractivity contribution in [3.63, 3.8) is 0 Å². The van der Waals surface area contributed by atoms with Crippen LogP contribution in [0, 0.1) is 5.41 Å². The summed E-state index contributed by atoms with van der Waals surface area (Å²) in [4.78, 5) is 2.77. The van der Waals surface area contributed by atoms with Gasteiger partial charge in [0.1, 0.15) is 0 Å². The van der Waals surface area contributed by atoms with E-state index in [4.69, 9.17) is 0 Å². The van der Waals surface area contributed by atoms with Gasteiger partial charge in [-0.15, -0.1) is 0 Å². The van der Waals surface area contributed by atoms with Gasteiger partial charge < -0.3 is 10.2 Å². The van der Waals surface area contributed by atoms with Crippen LogP contribution in [0.15, 0.2) is 0 Å². The quantitative estimate of drug-likeness (QED) is 0.586. The fourth-order valence-electron chi connectivity index (χ4n) is 4.12. The van der Waals surface area contributed by atoms with Crippen LogP contribution in [0.4, 0.5) is 0 Å². The van der Waals surface area contributed by atoms with E-state index >= 15 is 0 Å². The SMILES string of the molecule is CCCNCC1(CN2CCSC(C)(C)C2)CCCCCC1. The van der Waals surface area contributed by atoms with Gasteiger partial charge in [-0.1, -0.05) is 32.6 Å². The molecule has 21 heavy (non-hydrogen) atoms. The van der Waals surface area contributed by atoms with E-state index in [2.05, 4.69) is 42.7 Å². The van der Waals surface area contributed by atoms with E-state index in [9.17, 15) is 0 Å². The molecule has 0 bridgehead atoms. The fourth-order valence-corrected chi connectivity index (χ4v) is 5.30. The molecule has 1 aliphatic carbocycles. The number of thioether (sulfide) groups is 1. The molecular weight excluding hydrogens is 276 g/mol. The Bertz CT molecular complexity index is 296. The number of nitrogens with zero attached hydrogens (tertiary/aromatic N) is 1. The minimum absolute atomic E-state index is 0.445. The van der Waals surface area contributed by atoms with Crippen LogP contribution in [0.5, 0.6) is 0 Å². The largest absolute Gasteiger partial charge is 0.316 e. The smallest absolute Gasteiger partial charge is 0.0231 e. The van der Waals surface area contributed by atoms with Crippen molar-refractivity contribution in [2.75, 3.05) is 38.5 Å². The molecule has 124 valence electrons. The highest BCUT2D eigenvalue weighted by molar-refractivity contribution is 8.00. The molecule has 0 unspecified atom stereocenters. The minimum Gasteiger partial charge on any atom is -0.316 e. The Morgan fingerprint density at radius 1 is 1.10 bits per heavy atom. The molecule has 3 heteroatoms. The highest BCUT2D eigenvalue weighted by Crippen LogP contribution is 2.38. The van der Waals surface area contributed by atoms with Crippen LogP contribution in [0.1, 0.15) is 65.7 Å². The molecule has 0 spiro atoms. The topological polar surface area (TPSA) is 15.3 Å². The van der Waals surface area contributed by atoms with E-state index < -0.39 is 0 Å². The first-order chi connectivity index (χ1) is 10.1. The zero-order chi connectivity index (χ0) is 15.2. The molecule has 0 aromatic carbocycles. The van der Waals surface area contributed by atoms with Crippen molar-refractivity contribution >= 4 is 11.8 Å². The Morgan fingerprint density at radius 3 is 2.43 bits per heavy atom. The number of hydrogen-bond donors (Lipinski definition) is 1. The number of nitrogens with one attached hydrogen (secondary N) is 1. The second-order valence-corrected chi connectivity index (χ2v) is 9.71. The predicted octanol–water partition coefficient (Wildman–Crippen LogP) is 4.15. The lowest BCUT2D eigenvalue weighted by molar-refractivity contribution is 0.122. The Morgan fingerprint density at radius 2 is 1.81 bits per heavy atom. The summed E-state index contributed by atoms with van der Waals surface area (Å²) >= 11 is 2.15.